The smallest absolute Gasteiger partial charge is 0.407 e. The summed E-state index contributed by atoms with van der Waals surface area (Å²) in [4.78, 5) is 51.5. The van der Waals surface area contributed by atoms with Gasteiger partial charge < -0.3 is 25.0 Å². The molecule has 0 aliphatic heterocycles. The van der Waals surface area contributed by atoms with Crippen LogP contribution in [0.5, 0.6) is 0 Å². The second kappa shape index (κ2) is 21.1. The number of carboxylic acids is 2. The minimum Gasteiger partial charge on any atom is -0.481 e. The van der Waals surface area contributed by atoms with E-state index in [1.807, 2.05) is 36.4 Å². The summed E-state index contributed by atoms with van der Waals surface area (Å²) >= 11 is 1.34. The Morgan fingerprint density at radius 3 is 1.88 bits per heavy atom. The van der Waals surface area contributed by atoms with Crippen LogP contribution in [-0.4, -0.2) is 64.0 Å². The number of alkyl carbamates (subject to hydrolysis) is 1. The van der Waals surface area contributed by atoms with Crippen LogP contribution in [0.25, 0.3) is 11.1 Å². The quantitative estimate of drug-likeness (QED) is 0.0755. The lowest BCUT2D eigenvalue weighted by Crippen LogP contribution is -2.46. The second-order valence-corrected chi connectivity index (χ2v) is 15.8. The topological polar surface area (TPSA) is 139 Å². The van der Waals surface area contributed by atoms with Gasteiger partial charge in [-0.2, -0.15) is 11.8 Å². The molecule has 3 rings (SSSR count). The summed E-state index contributed by atoms with van der Waals surface area (Å²) < 4.78 is 11.4. The lowest BCUT2D eigenvalue weighted by Gasteiger charge is -2.28. The largest absolute Gasteiger partial charge is 0.481 e. The molecule has 0 aromatic heterocycles. The normalized spacial score (nSPS) is 14.8. The van der Waals surface area contributed by atoms with E-state index < -0.39 is 53.4 Å². The first-order valence-corrected chi connectivity index (χ1v) is 19.9. The average molecular weight is 726 g/mol. The van der Waals surface area contributed by atoms with Crippen LogP contribution in [0.1, 0.15) is 122 Å². The van der Waals surface area contributed by atoms with E-state index in [4.69, 9.17) is 9.47 Å². The van der Waals surface area contributed by atoms with Crippen LogP contribution in [-0.2, 0) is 23.9 Å². The molecule has 2 aromatic rings. The maximum absolute atomic E-state index is 13.4. The predicted molar refractivity (Wildman–Crippen MR) is 203 cm³/mol. The van der Waals surface area contributed by atoms with Gasteiger partial charge in [0.1, 0.15) is 18.2 Å². The lowest BCUT2D eigenvalue weighted by molar-refractivity contribution is -0.156. The molecular formula is C41H59NO8S. The van der Waals surface area contributed by atoms with E-state index in [9.17, 15) is 29.4 Å². The molecule has 0 fully saturated rings. The monoisotopic (exact) mass is 725 g/mol. The standard InChI is InChI=1S/C41H59NO8S/c1-6-8-10-12-18-28(37(43)44)24-29(30(38(45)46)19-13-11-9-7-2)26-51-27-36(39(47)50-41(3,4)5)42-40(48)49-25-35-33-22-16-14-20-31(33)32-21-15-17-23-34(32)35/h14-17,20-23,28-30,35-36H,6-13,18-19,24-27H2,1-5H3,(H,42,48)(H,43,44)(H,45,46)/t28?,29?,30-,36+/m1/s1. The Balaban J connectivity index is 1.73. The molecule has 0 bridgehead atoms. The summed E-state index contributed by atoms with van der Waals surface area (Å²) in [5.74, 6) is -3.92. The van der Waals surface area contributed by atoms with E-state index in [-0.39, 0.29) is 24.7 Å². The maximum Gasteiger partial charge on any atom is 0.407 e. The Kier molecular flexibility index (Phi) is 17.3. The molecule has 0 saturated carbocycles. The number of carbonyl (C=O) groups is 4. The van der Waals surface area contributed by atoms with Gasteiger partial charge in [-0.25, -0.2) is 9.59 Å². The van der Waals surface area contributed by atoms with Gasteiger partial charge in [0, 0.05) is 11.7 Å². The van der Waals surface area contributed by atoms with E-state index in [2.05, 4.69) is 31.3 Å². The zero-order valence-corrected chi connectivity index (χ0v) is 32.0. The number of carbonyl (C=O) groups excluding carboxylic acids is 2. The van der Waals surface area contributed by atoms with Crippen molar-refractivity contribution < 1.29 is 38.9 Å². The number of hydrogen-bond acceptors (Lipinski definition) is 7. The highest BCUT2D eigenvalue weighted by molar-refractivity contribution is 7.99. The number of fused-ring (bicyclic) bond motifs is 3. The second-order valence-electron chi connectivity index (χ2n) is 14.8. The van der Waals surface area contributed by atoms with Gasteiger partial charge in [-0.05, 0) is 74.0 Å². The highest BCUT2D eigenvalue weighted by Crippen LogP contribution is 2.44. The fourth-order valence-electron chi connectivity index (χ4n) is 6.89. The lowest BCUT2D eigenvalue weighted by atomic mass is 9.81. The minimum absolute atomic E-state index is 0.0866. The zero-order chi connectivity index (χ0) is 37.4. The summed E-state index contributed by atoms with van der Waals surface area (Å²) in [6.07, 6.45) is 7.98. The number of benzene rings is 2. The van der Waals surface area contributed by atoms with Crippen molar-refractivity contribution in [1.82, 2.24) is 5.32 Å². The van der Waals surface area contributed by atoms with Crippen LogP contribution in [0.4, 0.5) is 4.79 Å². The molecule has 0 radical (unpaired) electrons. The van der Waals surface area contributed by atoms with E-state index in [1.54, 1.807) is 20.8 Å². The zero-order valence-electron chi connectivity index (χ0n) is 31.2. The van der Waals surface area contributed by atoms with E-state index in [0.717, 1.165) is 73.6 Å². The SMILES string of the molecule is CCCCCCC(CC(CSC[C@H](NC(=O)OCC1c2ccccc2-c2ccccc21)C(=O)OC(C)(C)C)[C@@H](CCCCCC)C(=O)O)C(=O)O. The van der Waals surface area contributed by atoms with Gasteiger partial charge >= 0.3 is 24.0 Å². The molecule has 1 aliphatic carbocycles. The van der Waals surface area contributed by atoms with Crippen LogP contribution in [0.2, 0.25) is 0 Å². The van der Waals surface area contributed by atoms with Gasteiger partial charge in [-0.15, -0.1) is 0 Å². The number of amides is 1. The Bertz CT molecular complexity index is 1380. The van der Waals surface area contributed by atoms with E-state index >= 15 is 0 Å². The third-order valence-electron chi connectivity index (χ3n) is 9.54. The molecule has 282 valence electrons. The third-order valence-corrected chi connectivity index (χ3v) is 10.8. The number of ether oxygens (including phenoxy) is 2. The molecule has 4 atom stereocenters. The highest BCUT2D eigenvalue weighted by atomic mass is 32.2. The summed E-state index contributed by atoms with van der Waals surface area (Å²) in [5, 5.41) is 23.1. The van der Waals surface area contributed by atoms with Gasteiger partial charge in [0.05, 0.1) is 11.8 Å². The number of rotatable bonds is 23. The van der Waals surface area contributed by atoms with Crippen molar-refractivity contribution >= 4 is 35.8 Å². The summed E-state index contributed by atoms with van der Waals surface area (Å²) in [7, 11) is 0. The molecule has 51 heavy (non-hydrogen) atoms. The fraction of sp³-hybridized carbons (Fsp3) is 0.610. The predicted octanol–water partition coefficient (Wildman–Crippen LogP) is 9.32. The number of aliphatic carboxylic acids is 2. The number of carboxylic acid groups (broad SMARTS) is 2. The van der Waals surface area contributed by atoms with Crippen LogP contribution < -0.4 is 5.32 Å². The highest BCUT2D eigenvalue weighted by Gasteiger charge is 2.34. The molecule has 0 saturated heterocycles. The summed E-state index contributed by atoms with van der Waals surface area (Å²) in [5.41, 5.74) is 3.56. The first kappa shape index (κ1) is 41.9. The molecule has 9 nitrogen and oxygen atoms in total. The van der Waals surface area contributed by atoms with Crippen molar-refractivity contribution in [3.05, 3.63) is 59.7 Å². The molecule has 3 N–H and O–H groups in total. The Morgan fingerprint density at radius 2 is 1.35 bits per heavy atom. The average Bonchev–Trinajstić information content (AvgIpc) is 3.40. The van der Waals surface area contributed by atoms with Crippen molar-refractivity contribution in [3.63, 3.8) is 0 Å². The molecule has 2 aromatic carbocycles. The first-order valence-electron chi connectivity index (χ1n) is 18.7. The van der Waals surface area contributed by atoms with Crippen LogP contribution in [0.3, 0.4) is 0 Å². The van der Waals surface area contributed by atoms with Gasteiger partial charge in [0.2, 0.25) is 0 Å². The van der Waals surface area contributed by atoms with Crippen LogP contribution in [0, 0.1) is 17.8 Å². The van der Waals surface area contributed by atoms with Gasteiger partial charge in [-0.1, -0.05) is 114 Å². The third kappa shape index (κ3) is 13.5. The first-order chi connectivity index (χ1) is 24.4. The van der Waals surface area contributed by atoms with Crippen molar-refractivity contribution in [2.75, 3.05) is 18.1 Å². The van der Waals surface area contributed by atoms with Crippen molar-refractivity contribution in [2.24, 2.45) is 17.8 Å². The Labute approximate surface area is 308 Å². The molecular weight excluding hydrogens is 667 g/mol. The van der Waals surface area contributed by atoms with Crippen LogP contribution >= 0.6 is 11.8 Å². The van der Waals surface area contributed by atoms with Crippen LogP contribution in [0.15, 0.2) is 48.5 Å². The number of hydrogen-bond donors (Lipinski definition) is 3. The Morgan fingerprint density at radius 1 is 0.784 bits per heavy atom. The van der Waals surface area contributed by atoms with E-state index in [0.29, 0.717) is 18.6 Å². The maximum atomic E-state index is 13.4. The van der Waals surface area contributed by atoms with Crippen molar-refractivity contribution in [1.29, 1.82) is 0 Å². The summed E-state index contributed by atoms with van der Waals surface area (Å²) in [6.45, 7) is 9.54. The van der Waals surface area contributed by atoms with Crippen molar-refractivity contribution in [3.8, 4) is 11.1 Å². The summed E-state index contributed by atoms with van der Waals surface area (Å²) in [6, 6.07) is 15.0. The molecule has 0 spiro atoms. The van der Waals surface area contributed by atoms with Gasteiger partial charge in [-0.3, -0.25) is 9.59 Å². The number of thioether (sulfide) groups is 1. The molecule has 1 amide bonds. The number of esters is 1. The van der Waals surface area contributed by atoms with Gasteiger partial charge in [0.25, 0.3) is 0 Å². The van der Waals surface area contributed by atoms with Crippen molar-refractivity contribution in [2.45, 2.75) is 123 Å². The van der Waals surface area contributed by atoms with E-state index in [1.165, 1.54) is 11.8 Å². The molecule has 0 heterocycles. The minimum atomic E-state index is -1.05. The number of unbranched alkanes of at least 4 members (excludes halogenated alkanes) is 6. The fourth-order valence-corrected chi connectivity index (χ4v) is 8.15. The van der Waals surface area contributed by atoms with Gasteiger partial charge in [0.15, 0.2) is 0 Å². The molecule has 2 unspecified atom stereocenters. The molecule has 1 aliphatic rings. The molecule has 10 heteroatoms. The number of nitrogens with one attached hydrogen (secondary N) is 1. The Hall–Kier alpha value is -3.53.